The number of ether oxygens (including phenoxy) is 1. The van der Waals surface area contributed by atoms with Crippen molar-refractivity contribution in [2.45, 2.75) is 44.2 Å². The summed E-state index contributed by atoms with van der Waals surface area (Å²) in [6.07, 6.45) is -0.00675. The van der Waals surface area contributed by atoms with Crippen molar-refractivity contribution in [2.24, 2.45) is 0 Å². The third kappa shape index (κ3) is 4.19. The van der Waals surface area contributed by atoms with E-state index in [0.29, 0.717) is 24.5 Å². The van der Waals surface area contributed by atoms with Gasteiger partial charge in [-0.3, -0.25) is 4.79 Å². The number of nitrogens with one attached hydrogen (secondary N) is 1. The van der Waals surface area contributed by atoms with E-state index in [4.69, 9.17) is 4.74 Å². The van der Waals surface area contributed by atoms with Crippen molar-refractivity contribution >= 4 is 29.7 Å². The van der Waals surface area contributed by atoms with Gasteiger partial charge in [0, 0.05) is 11.7 Å². The van der Waals surface area contributed by atoms with Gasteiger partial charge in [0.05, 0.1) is 5.88 Å². The van der Waals surface area contributed by atoms with Crippen molar-refractivity contribution < 1.29 is 24.2 Å². The van der Waals surface area contributed by atoms with Crippen LogP contribution in [-0.2, 0) is 14.3 Å². The second-order valence-corrected chi connectivity index (χ2v) is 9.37. The molecule has 2 amide bonds. The number of thioether (sulfide) groups is 1. The third-order valence-electron chi connectivity index (χ3n) is 6.73. The highest BCUT2D eigenvalue weighted by Crippen LogP contribution is 2.44. The summed E-state index contributed by atoms with van der Waals surface area (Å²) in [6, 6.07) is 15.3. The van der Waals surface area contributed by atoms with E-state index >= 15 is 0 Å². The lowest BCUT2D eigenvalue weighted by Crippen LogP contribution is -2.61. The minimum absolute atomic E-state index is 0.0807. The van der Waals surface area contributed by atoms with Crippen LogP contribution in [0, 0.1) is 0 Å². The average Bonchev–Trinajstić information content (AvgIpc) is 3.44. The number of alkyl carbamates (subject to hydrolysis) is 1. The number of hydrogen-bond acceptors (Lipinski definition) is 5. The quantitative estimate of drug-likeness (QED) is 0.636. The van der Waals surface area contributed by atoms with Crippen molar-refractivity contribution in [3.05, 3.63) is 59.7 Å². The fraction of sp³-hybridized carbons (Fsp3) is 0.400. The molecule has 0 bridgehead atoms. The second kappa shape index (κ2) is 9.47. The Hall–Kier alpha value is -3.00. The summed E-state index contributed by atoms with van der Waals surface area (Å²) in [6.45, 7) is 3.77. The first-order valence-corrected chi connectivity index (χ1v) is 12.3. The Labute approximate surface area is 197 Å². The van der Waals surface area contributed by atoms with Crippen molar-refractivity contribution in [3.63, 3.8) is 0 Å². The van der Waals surface area contributed by atoms with Crippen LogP contribution in [0.2, 0.25) is 0 Å². The molecule has 0 aromatic heterocycles. The molecule has 2 aliphatic rings. The van der Waals surface area contributed by atoms with Gasteiger partial charge in [-0.05, 0) is 35.1 Å². The maximum Gasteiger partial charge on any atom is 0.408 e. The largest absolute Gasteiger partial charge is 0.480 e. The predicted molar refractivity (Wildman–Crippen MR) is 127 cm³/mol. The summed E-state index contributed by atoms with van der Waals surface area (Å²) in [7, 11) is 0. The summed E-state index contributed by atoms with van der Waals surface area (Å²) in [5.41, 5.74) is 3.29. The zero-order valence-electron chi connectivity index (χ0n) is 18.7. The Morgan fingerprint density at radius 2 is 1.64 bits per heavy atom. The van der Waals surface area contributed by atoms with Gasteiger partial charge in [-0.15, -0.1) is 11.8 Å². The molecule has 33 heavy (non-hydrogen) atoms. The van der Waals surface area contributed by atoms with Gasteiger partial charge < -0.3 is 20.1 Å². The molecule has 1 aliphatic carbocycles. The standard InChI is InChI=1S/C25H28N2O5S/c1-3-25(4-2,23(30)27-15-33-14-21(27)22(28)29)26-24(31)32-13-20-18-11-7-5-9-16(18)17-10-6-8-12-19(17)20/h5-12,20-21H,3-4,13-15H2,1-2H3,(H,26,31)(H,28,29)/t21-/m0/s1. The Morgan fingerprint density at radius 1 is 1.06 bits per heavy atom. The average molecular weight is 469 g/mol. The van der Waals surface area contributed by atoms with Crippen LogP contribution < -0.4 is 5.32 Å². The molecular weight excluding hydrogens is 440 g/mol. The van der Waals surface area contributed by atoms with Gasteiger partial charge in [0.25, 0.3) is 0 Å². The van der Waals surface area contributed by atoms with Crippen molar-refractivity contribution in [1.29, 1.82) is 0 Å². The number of nitrogens with zero attached hydrogens (tertiary/aromatic N) is 1. The predicted octanol–water partition coefficient (Wildman–Crippen LogP) is 4.07. The van der Waals surface area contributed by atoms with E-state index in [-0.39, 0.29) is 18.4 Å². The maximum atomic E-state index is 13.3. The molecule has 174 valence electrons. The molecule has 8 heteroatoms. The van der Waals surface area contributed by atoms with E-state index < -0.39 is 23.6 Å². The SMILES string of the molecule is CCC(CC)(NC(=O)OCC1c2ccccc2-c2ccccc21)C(=O)N1CSC[C@H]1C(=O)O. The van der Waals surface area contributed by atoms with Crippen LogP contribution in [0.25, 0.3) is 11.1 Å². The van der Waals surface area contributed by atoms with Crippen LogP contribution in [0.3, 0.4) is 0 Å². The smallest absolute Gasteiger partial charge is 0.408 e. The number of carboxylic acids is 1. The molecule has 1 saturated heterocycles. The summed E-state index contributed by atoms with van der Waals surface area (Å²) in [4.78, 5) is 39.1. The van der Waals surface area contributed by atoms with Gasteiger partial charge >= 0.3 is 12.1 Å². The Balaban J connectivity index is 1.48. The minimum atomic E-state index is -1.21. The molecule has 2 N–H and O–H groups in total. The molecule has 0 unspecified atom stereocenters. The highest BCUT2D eigenvalue weighted by atomic mass is 32.2. The van der Waals surface area contributed by atoms with Gasteiger partial charge in [-0.1, -0.05) is 62.4 Å². The van der Waals surface area contributed by atoms with E-state index in [1.807, 2.05) is 50.2 Å². The van der Waals surface area contributed by atoms with Crippen molar-refractivity contribution in [3.8, 4) is 11.1 Å². The number of carboxylic acid groups (broad SMARTS) is 1. The normalized spacial score (nSPS) is 17.4. The molecule has 4 rings (SSSR count). The molecule has 7 nitrogen and oxygen atoms in total. The lowest BCUT2D eigenvalue weighted by atomic mass is 9.90. The zero-order chi connectivity index (χ0) is 23.6. The minimum Gasteiger partial charge on any atom is -0.480 e. The number of benzene rings is 2. The van der Waals surface area contributed by atoms with Crippen LogP contribution in [-0.4, -0.2) is 57.8 Å². The molecule has 0 spiro atoms. The molecule has 1 atom stereocenters. The second-order valence-electron chi connectivity index (χ2n) is 8.37. The number of aliphatic carboxylic acids is 1. The number of fused-ring (bicyclic) bond motifs is 3. The molecule has 1 heterocycles. The van der Waals surface area contributed by atoms with Gasteiger partial charge in [-0.25, -0.2) is 9.59 Å². The van der Waals surface area contributed by atoms with Gasteiger partial charge in [-0.2, -0.15) is 0 Å². The topological polar surface area (TPSA) is 95.9 Å². The van der Waals surface area contributed by atoms with E-state index in [0.717, 1.165) is 22.3 Å². The van der Waals surface area contributed by atoms with E-state index in [2.05, 4.69) is 17.4 Å². The van der Waals surface area contributed by atoms with Gasteiger partial charge in [0.15, 0.2) is 0 Å². The summed E-state index contributed by atoms with van der Waals surface area (Å²) in [5, 5.41) is 12.3. The number of rotatable bonds is 7. The van der Waals surface area contributed by atoms with Gasteiger partial charge in [0.2, 0.25) is 5.91 Å². The molecule has 2 aromatic rings. The Morgan fingerprint density at radius 3 is 2.18 bits per heavy atom. The van der Waals surface area contributed by atoms with Crippen molar-refractivity contribution in [2.75, 3.05) is 18.2 Å². The number of carbonyl (C=O) groups excluding carboxylic acids is 2. The first kappa shape index (κ1) is 23.2. The summed E-state index contributed by atoms with van der Waals surface area (Å²) in [5.74, 6) is -0.851. The molecular formula is C25H28N2O5S. The van der Waals surface area contributed by atoms with Crippen LogP contribution >= 0.6 is 11.8 Å². The van der Waals surface area contributed by atoms with Crippen LogP contribution in [0.15, 0.2) is 48.5 Å². The molecule has 0 radical (unpaired) electrons. The molecule has 2 aromatic carbocycles. The van der Waals surface area contributed by atoms with E-state index in [1.165, 1.54) is 16.7 Å². The lowest BCUT2D eigenvalue weighted by Gasteiger charge is -2.36. The first-order valence-electron chi connectivity index (χ1n) is 11.2. The van der Waals surface area contributed by atoms with Crippen LogP contribution in [0.4, 0.5) is 4.79 Å². The molecule has 1 fully saturated rings. The number of amides is 2. The fourth-order valence-electron chi connectivity index (χ4n) is 4.73. The third-order valence-corrected chi connectivity index (χ3v) is 7.74. The number of hydrogen-bond donors (Lipinski definition) is 2. The maximum absolute atomic E-state index is 13.3. The van der Waals surface area contributed by atoms with E-state index in [1.54, 1.807) is 0 Å². The summed E-state index contributed by atoms with van der Waals surface area (Å²) < 4.78 is 5.64. The lowest BCUT2D eigenvalue weighted by molar-refractivity contribution is -0.150. The Bertz CT molecular complexity index is 1020. The van der Waals surface area contributed by atoms with E-state index in [9.17, 15) is 19.5 Å². The number of carbonyl (C=O) groups is 3. The van der Waals surface area contributed by atoms with Gasteiger partial charge in [0.1, 0.15) is 18.2 Å². The highest BCUT2D eigenvalue weighted by molar-refractivity contribution is 7.99. The molecule has 1 aliphatic heterocycles. The monoisotopic (exact) mass is 468 g/mol. The van der Waals surface area contributed by atoms with Crippen molar-refractivity contribution in [1.82, 2.24) is 10.2 Å². The fourth-order valence-corrected chi connectivity index (χ4v) is 5.88. The summed E-state index contributed by atoms with van der Waals surface area (Å²) >= 11 is 1.40. The Kier molecular flexibility index (Phi) is 6.65. The highest BCUT2D eigenvalue weighted by Gasteiger charge is 2.45. The molecule has 0 saturated carbocycles. The first-order chi connectivity index (χ1) is 15.9. The van der Waals surface area contributed by atoms with Crippen LogP contribution in [0.5, 0.6) is 0 Å². The zero-order valence-corrected chi connectivity index (χ0v) is 19.6. The van der Waals surface area contributed by atoms with Crippen LogP contribution in [0.1, 0.15) is 43.7 Å².